The number of carbonyl (C=O) groups excluding carboxylic acids is 1. The minimum atomic E-state index is -3.56. The van der Waals surface area contributed by atoms with Gasteiger partial charge in [0, 0.05) is 18.8 Å². The number of nitrogens with zero attached hydrogens (tertiary/aromatic N) is 1. The zero-order valence-corrected chi connectivity index (χ0v) is 15.0. The van der Waals surface area contributed by atoms with Crippen molar-refractivity contribution < 1.29 is 13.2 Å². The van der Waals surface area contributed by atoms with Crippen molar-refractivity contribution in [3.63, 3.8) is 0 Å². The van der Waals surface area contributed by atoms with Gasteiger partial charge in [0.1, 0.15) is 0 Å². The van der Waals surface area contributed by atoms with Crippen molar-refractivity contribution >= 4 is 21.6 Å². The number of para-hydroxylation sites is 1. The van der Waals surface area contributed by atoms with E-state index in [1.54, 1.807) is 30.3 Å². The van der Waals surface area contributed by atoms with Crippen LogP contribution in [-0.2, 0) is 14.8 Å². The van der Waals surface area contributed by atoms with E-state index in [9.17, 15) is 13.2 Å². The summed E-state index contributed by atoms with van der Waals surface area (Å²) in [5.41, 5.74) is 1.76. The molecule has 1 heterocycles. The Morgan fingerprint density at radius 1 is 1.08 bits per heavy atom. The minimum Gasteiger partial charge on any atom is -0.326 e. The molecule has 132 valence electrons. The molecule has 2 aromatic carbocycles. The van der Waals surface area contributed by atoms with Crippen LogP contribution in [0.1, 0.15) is 18.4 Å². The molecule has 1 atom stereocenters. The monoisotopic (exact) mass is 358 g/mol. The van der Waals surface area contributed by atoms with E-state index in [0.29, 0.717) is 19.4 Å². The Bertz CT molecular complexity index is 850. The maximum absolute atomic E-state index is 12.8. The van der Waals surface area contributed by atoms with Crippen LogP contribution in [0.5, 0.6) is 0 Å². The molecule has 6 heteroatoms. The van der Waals surface area contributed by atoms with Gasteiger partial charge in [-0.2, -0.15) is 4.31 Å². The molecule has 5 nitrogen and oxygen atoms in total. The molecule has 1 aliphatic heterocycles. The molecular formula is C19H22N2O3S. The fourth-order valence-corrected chi connectivity index (χ4v) is 4.61. The van der Waals surface area contributed by atoms with Crippen LogP contribution in [0.25, 0.3) is 0 Å². The molecule has 1 amide bonds. The highest BCUT2D eigenvalue weighted by molar-refractivity contribution is 7.89. The van der Waals surface area contributed by atoms with Crippen molar-refractivity contribution in [2.45, 2.75) is 24.7 Å². The number of hydrogen-bond donors (Lipinski definition) is 1. The van der Waals surface area contributed by atoms with Crippen molar-refractivity contribution in [2.75, 3.05) is 18.4 Å². The summed E-state index contributed by atoms with van der Waals surface area (Å²) in [5, 5.41) is 2.93. The SMILES string of the molecule is Cc1ccccc1NC(=O)C1CCCN(S(=O)(=O)c2ccccc2)C1. The van der Waals surface area contributed by atoms with E-state index in [2.05, 4.69) is 5.32 Å². The van der Waals surface area contributed by atoms with E-state index < -0.39 is 10.0 Å². The Hall–Kier alpha value is -2.18. The average Bonchev–Trinajstić information content (AvgIpc) is 2.64. The van der Waals surface area contributed by atoms with Crippen LogP contribution < -0.4 is 5.32 Å². The minimum absolute atomic E-state index is 0.123. The lowest BCUT2D eigenvalue weighted by Gasteiger charge is -2.31. The van der Waals surface area contributed by atoms with Crippen molar-refractivity contribution in [1.82, 2.24) is 4.31 Å². The summed E-state index contributed by atoms with van der Waals surface area (Å²) in [6, 6.07) is 16.0. The van der Waals surface area contributed by atoms with E-state index in [1.165, 1.54) is 4.31 Å². The molecule has 1 saturated heterocycles. The van der Waals surface area contributed by atoms with Crippen molar-refractivity contribution in [1.29, 1.82) is 0 Å². The van der Waals surface area contributed by atoms with Gasteiger partial charge in [-0.25, -0.2) is 8.42 Å². The lowest BCUT2D eigenvalue weighted by Crippen LogP contribution is -2.43. The summed E-state index contributed by atoms with van der Waals surface area (Å²) in [6.45, 7) is 2.60. The molecule has 0 aromatic heterocycles. The van der Waals surface area contributed by atoms with Gasteiger partial charge in [-0.15, -0.1) is 0 Å². The number of hydrogen-bond acceptors (Lipinski definition) is 3. The number of carbonyl (C=O) groups is 1. The first-order chi connectivity index (χ1) is 12.0. The molecule has 1 N–H and O–H groups in total. The molecule has 3 rings (SSSR count). The summed E-state index contributed by atoms with van der Waals surface area (Å²) in [4.78, 5) is 12.9. The average molecular weight is 358 g/mol. The van der Waals surface area contributed by atoms with Crippen LogP contribution in [0.2, 0.25) is 0 Å². The van der Waals surface area contributed by atoms with Gasteiger partial charge >= 0.3 is 0 Å². The highest BCUT2D eigenvalue weighted by atomic mass is 32.2. The van der Waals surface area contributed by atoms with Crippen LogP contribution in [-0.4, -0.2) is 31.7 Å². The molecule has 1 unspecified atom stereocenters. The van der Waals surface area contributed by atoms with Crippen molar-refractivity contribution in [3.8, 4) is 0 Å². The Balaban J connectivity index is 1.73. The van der Waals surface area contributed by atoms with Crippen LogP contribution in [0, 0.1) is 12.8 Å². The van der Waals surface area contributed by atoms with Gasteiger partial charge in [0.2, 0.25) is 15.9 Å². The topological polar surface area (TPSA) is 66.5 Å². The Morgan fingerprint density at radius 2 is 1.76 bits per heavy atom. The number of anilines is 1. The Labute approximate surface area is 148 Å². The van der Waals surface area contributed by atoms with Gasteiger partial charge in [-0.1, -0.05) is 36.4 Å². The number of aryl methyl sites for hydroxylation is 1. The molecule has 2 aromatic rings. The first kappa shape index (κ1) is 17.6. The van der Waals surface area contributed by atoms with Gasteiger partial charge in [0.05, 0.1) is 10.8 Å². The van der Waals surface area contributed by atoms with Crippen LogP contribution >= 0.6 is 0 Å². The van der Waals surface area contributed by atoms with E-state index in [0.717, 1.165) is 11.3 Å². The van der Waals surface area contributed by atoms with Gasteiger partial charge < -0.3 is 5.32 Å². The molecule has 0 saturated carbocycles. The molecule has 0 radical (unpaired) electrons. The summed E-state index contributed by atoms with van der Waals surface area (Å²) < 4.78 is 26.9. The molecule has 0 bridgehead atoms. The predicted molar refractivity (Wildman–Crippen MR) is 97.7 cm³/mol. The molecule has 1 aliphatic rings. The highest BCUT2D eigenvalue weighted by Crippen LogP contribution is 2.25. The first-order valence-electron chi connectivity index (χ1n) is 8.40. The summed E-state index contributed by atoms with van der Waals surface area (Å²) >= 11 is 0. The van der Waals surface area contributed by atoms with Crippen LogP contribution in [0.3, 0.4) is 0 Å². The fourth-order valence-electron chi connectivity index (χ4n) is 3.06. The second kappa shape index (κ2) is 7.37. The fraction of sp³-hybridized carbons (Fsp3) is 0.316. The van der Waals surface area contributed by atoms with Gasteiger partial charge in [0.15, 0.2) is 0 Å². The summed E-state index contributed by atoms with van der Waals surface area (Å²) in [7, 11) is -3.56. The molecule has 25 heavy (non-hydrogen) atoms. The van der Waals surface area contributed by atoms with Crippen molar-refractivity contribution in [2.24, 2.45) is 5.92 Å². The van der Waals surface area contributed by atoms with Gasteiger partial charge in [-0.05, 0) is 43.5 Å². The first-order valence-corrected chi connectivity index (χ1v) is 9.84. The van der Waals surface area contributed by atoms with Gasteiger partial charge in [0.25, 0.3) is 0 Å². The number of rotatable bonds is 4. The maximum atomic E-state index is 12.8. The normalized spacial score (nSPS) is 18.7. The van der Waals surface area contributed by atoms with Crippen LogP contribution in [0.4, 0.5) is 5.69 Å². The van der Waals surface area contributed by atoms with E-state index in [-0.39, 0.29) is 23.3 Å². The Morgan fingerprint density at radius 3 is 2.48 bits per heavy atom. The second-order valence-electron chi connectivity index (χ2n) is 6.32. The largest absolute Gasteiger partial charge is 0.326 e. The number of piperidine rings is 1. The standard InChI is InChI=1S/C19H22N2O3S/c1-15-8-5-6-12-18(15)20-19(22)16-9-7-13-21(14-16)25(23,24)17-10-3-2-4-11-17/h2-6,8,10-12,16H,7,9,13-14H2,1H3,(H,20,22). The third-order valence-corrected chi connectivity index (χ3v) is 6.42. The maximum Gasteiger partial charge on any atom is 0.243 e. The lowest BCUT2D eigenvalue weighted by molar-refractivity contribution is -0.120. The Kier molecular flexibility index (Phi) is 5.20. The highest BCUT2D eigenvalue weighted by Gasteiger charge is 2.33. The molecular weight excluding hydrogens is 336 g/mol. The third-order valence-electron chi connectivity index (χ3n) is 4.54. The van der Waals surface area contributed by atoms with E-state index in [1.807, 2.05) is 31.2 Å². The summed E-state index contributed by atoms with van der Waals surface area (Å²) in [5.74, 6) is -0.464. The molecule has 1 fully saturated rings. The van der Waals surface area contributed by atoms with Gasteiger partial charge in [-0.3, -0.25) is 4.79 Å². The zero-order chi connectivity index (χ0) is 17.9. The smallest absolute Gasteiger partial charge is 0.243 e. The van der Waals surface area contributed by atoms with E-state index in [4.69, 9.17) is 0 Å². The second-order valence-corrected chi connectivity index (χ2v) is 8.26. The number of nitrogens with one attached hydrogen (secondary N) is 1. The zero-order valence-electron chi connectivity index (χ0n) is 14.2. The van der Waals surface area contributed by atoms with Crippen molar-refractivity contribution in [3.05, 3.63) is 60.2 Å². The van der Waals surface area contributed by atoms with E-state index >= 15 is 0 Å². The van der Waals surface area contributed by atoms with Crippen LogP contribution in [0.15, 0.2) is 59.5 Å². The molecule has 0 spiro atoms. The number of benzene rings is 2. The number of amides is 1. The molecule has 0 aliphatic carbocycles. The number of sulfonamides is 1. The summed E-state index contributed by atoms with van der Waals surface area (Å²) in [6.07, 6.45) is 1.37. The lowest BCUT2D eigenvalue weighted by atomic mass is 9.98. The quantitative estimate of drug-likeness (QED) is 0.913. The third kappa shape index (κ3) is 3.91. The predicted octanol–water partition coefficient (Wildman–Crippen LogP) is 3.03.